The summed E-state index contributed by atoms with van der Waals surface area (Å²) in [6, 6.07) is 0. The Morgan fingerprint density at radius 2 is 2.57 bits per heavy atom. The van der Waals surface area contributed by atoms with Crippen molar-refractivity contribution in [3.63, 3.8) is 0 Å². The standard InChI is InChI=1S/C10H18N4/c1-10(3-4-11-7-10)8-12-9-5-13-14(2)6-9/h5-6,11-12H,3-4,7-8H2,1-2H3. The molecule has 1 aliphatic rings. The molecule has 1 aromatic heterocycles. The highest BCUT2D eigenvalue weighted by molar-refractivity contribution is 5.38. The lowest BCUT2D eigenvalue weighted by Gasteiger charge is -2.22. The predicted octanol–water partition coefficient (Wildman–Crippen LogP) is 0.832. The van der Waals surface area contributed by atoms with Crippen LogP contribution in [0.4, 0.5) is 5.69 Å². The fourth-order valence-corrected chi connectivity index (χ4v) is 1.85. The van der Waals surface area contributed by atoms with Crippen molar-refractivity contribution in [2.45, 2.75) is 13.3 Å². The van der Waals surface area contributed by atoms with E-state index in [2.05, 4.69) is 22.7 Å². The van der Waals surface area contributed by atoms with Crippen molar-refractivity contribution in [1.82, 2.24) is 15.1 Å². The summed E-state index contributed by atoms with van der Waals surface area (Å²) >= 11 is 0. The SMILES string of the molecule is Cn1cc(NCC2(C)CCNC2)cn1. The first-order valence-corrected chi connectivity index (χ1v) is 5.11. The fourth-order valence-electron chi connectivity index (χ4n) is 1.85. The summed E-state index contributed by atoms with van der Waals surface area (Å²) in [6.07, 6.45) is 5.12. The second-order valence-electron chi connectivity index (χ2n) is 4.49. The third-order valence-electron chi connectivity index (χ3n) is 2.88. The maximum Gasteiger partial charge on any atom is 0.0726 e. The molecule has 0 radical (unpaired) electrons. The minimum Gasteiger partial charge on any atom is -0.382 e. The average molecular weight is 194 g/mol. The number of aromatic nitrogens is 2. The van der Waals surface area contributed by atoms with E-state index in [1.165, 1.54) is 6.42 Å². The number of nitrogens with zero attached hydrogens (tertiary/aromatic N) is 2. The lowest BCUT2D eigenvalue weighted by Crippen LogP contribution is -2.28. The molecule has 0 aromatic carbocycles. The minimum absolute atomic E-state index is 0.399. The zero-order valence-corrected chi connectivity index (χ0v) is 8.88. The molecular formula is C10H18N4. The molecule has 0 bridgehead atoms. The van der Waals surface area contributed by atoms with E-state index < -0.39 is 0 Å². The van der Waals surface area contributed by atoms with Crippen molar-refractivity contribution in [2.24, 2.45) is 12.5 Å². The van der Waals surface area contributed by atoms with E-state index in [4.69, 9.17) is 0 Å². The second kappa shape index (κ2) is 3.61. The van der Waals surface area contributed by atoms with Crippen LogP contribution in [0.3, 0.4) is 0 Å². The predicted molar refractivity (Wildman–Crippen MR) is 57.3 cm³/mol. The van der Waals surface area contributed by atoms with Crippen LogP contribution >= 0.6 is 0 Å². The van der Waals surface area contributed by atoms with Crippen molar-refractivity contribution in [1.29, 1.82) is 0 Å². The normalized spacial score (nSPS) is 26.7. The molecule has 2 rings (SSSR count). The van der Waals surface area contributed by atoms with Crippen LogP contribution in [0.25, 0.3) is 0 Å². The first-order chi connectivity index (χ1) is 6.68. The first-order valence-electron chi connectivity index (χ1n) is 5.11. The Morgan fingerprint density at radius 1 is 1.71 bits per heavy atom. The summed E-state index contributed by atoms with van der Waals surface area (Å²) in [7, 11) is 1.93. The van der Waals surface area contributed by atoms with Crippen LogP contribution in [0, 0.1) is 5.41 Å². The van der Waals surface area contributed by atoms with Crippen molar-refractivity contribution >= 4 is 5.69 Å². The molecule has 1 fully saturated rings. The van der Waals surface area contributed by atoms with Gasteiger partial charge >= 0.3 is 0 Å². The largest absolute Gasteiger partial charge is 0.382 e. The molecule has 0 saturated carbocycles. The molecule has 2 heterocycles. The molecule has 78 valence electrons. The molecule has 0 spiro atoms. The summed E-state index contributed by atoms with van der Waals surface area (Å²) in [6.45, 7) is 5.59. The molecule has 1 aromatic rings. The average Bonchev–Trinajstić information content (AvgIpc) is 2.73. The van der Waals surface area contributed by atoms with E-state index in [-0.39, 0.29) is 0 Å². The van der Waals surface area contributed by atoms with Gasteiger partial charge in [-0.1, -0.05) is 6.92 Å². The zero-order valence-electron chi connectivity index (χ0n) is 8.88. The Morgan fingerprint density at radius 3 is 3.14 bits per heavy atom. The van der Waals surface area contributed by atoms with Gasteiger partial charge in [0.25, 0.3) is 0 Å². The Kier molecular flexibility index (Phi) is 2.46. The van der Waals surface area contributed by atoms with Gasteiger partial charge in [0.1, 0.15) is 0 Å². The first kappa shape index (κ1) is 9.52. The van der Waals surface area contributed by atoms with Gasteiger partial charge in [-0.05, 0) is 18.4 Å². The molecule has 0 aliphatic carbocycles. The van der Waals surface area contributed by atoms with Gasteiger partial charge in [-0.25, -0.2) is 0 Å². The van der Waals surface area contributed by atoms with E-state index in [1.54, 1.807) is 0 Å². The van der Waals surface area contributed by atoms with Crippen LogP contribution in [0.5, 0.6) is 0 Å². The number of anilines is 1. The fraction of sp³-hybridized carbons (Fsp3) is 0.700. The summed E-state index contributed by atoms with van der Waals surface area (Å²) in [5, 5.41) is 10.9. The monoisotopic (exact) mass is 194 g/mol. The van der Waals surface area contributed by atoms with Gasteiger partial charge in [-0.2, -0.15) is 5.10 Å². The number of rotatable bonds is 3. The van der Waals surface area contributed by atoms with Gasteiger partial charge in [0, 0.05) is 26.3 Å². The highest BCUT2D eigenvalue weighted by Gasteiger charge is 2.27. The molecule has 1 saturated heterocycles. The van der Waals surface area contributed by atoms with Crippen LogP contribution in [-0.4, -0.2) is 29.4 Å². The van der Waals surface area contributed by atoms with Crippen LogP contribution < -0.4 is 10.6 Å². The van der Waals surface area contributed by atoms with E-state index in [0.717, 1.165) is 25.3 Å². The van der Waals surface area contributed by atoms with Gasteiger partial charge in [-0.15, -0.1) is 0 Å². The molecule has 1 atom stereocenters. The molecule has 14 heavy (non-hydrogen) atoms. The number of hydrogen-bond donors (Lipinski definition) is 2. The lowest BCUT2D eigenvalue weighted by atomic mass is 9.90. The van der Waals surface area contributed by atoms with Crippen LogP contribution in [0.2, 0.25) is 0 Å². The summed E-state index contributed by atoms with van der Waals surface area (Å²) in [5.41, 5.74) is 1.51. The van der Waals surface area contributed by atoms with Crippen LogP contribution in [0.15, 0.2) is 12.4 Å². The van der Waals surface area contributed by atoms with Gasteiger partial charge < -0.3 is 10.6 Å². The van der Waals surface area contributed by atoms with Crippen LogP contribution in [-0.2, 0) is 7.05 Å². The third-order valence-corrected chi connectivity index (χ3v) is 2.88. The van der Waals surface area contributed by atoms with Crippen molar-refractivity contribution in [3.05, 3.63) is 12.4 Å². The Balaban J connectivity index is 1.87. The Hall–Kier alpha value is -1.03. The summed E-state index contributed by atoms with van der Waals surface area (Å²) in [4.78, 5) is 0. The van der Waals surface area contributed by atoms with Crippen molar-refractivity contribution in [2.75, 3.05) is 25.0 Å². The second-order valence-corrected chi connectivity index (χ2v) is 4.49. The van der Waals surface area contributed by atoms with E-state index in [9.17, 15) is 0 Å². The Labute approximate surface area is 84.7 Å². The quantitative estimate of drug-likeness (QED) is 0.749. The highest BCUT2D eigenvalue weighted by atomic mass is 15.3. The maximum atomic E-state index is 4.12. The van der Waals surface area contributed by atoms with Crippen molar-refractivity contribution in [3.8, 4) is 0 Å². The van der Waals surface area contributed by atoms with Gasteiger partial charge in [-0.3, -0.25) is 4.68 Å². The molecule has 1 aliphatic heterocycles. The minimum atomic E-state index is 0.399. The van der Waals surface area contributed by atoms with E-state index in [1.807, 2.05) is 24.1 Å². The van der Waals surface area contributed by atoms with E-state index in [0.29, 0.717) is 5.41 Å². The summed E-state index contributed by atoms with van der Waals surface area (Å²) in [5.74, 6) is 0. The van der Waals surface area contributed by atoms with Gasteiger partial charge in [0.15, 0.2) is 0 Å². The van der Waals surface area contributed by atoms with Gasteiger partial charge in [0.05, 0.1) is 11.9 Å². The highest BCUT2D eigenvalue weighted by Crippen LogP contribution is 2.24. The van der Waals surface area contributed by atoms with Crippen LogP contribution in [0.1, 0.15) is 13.3 Å². The molecule has 4 nitrogen and oxygen atoms in total. The maximum absolute atomic E-state index is 4.12. The van der Waals surface area contributed by atoms with E-state index >= 15 is 0 Å². The topological polar surface area (TPSA) is 41.9 Å². The molecular weight excluding hydrogens is 176 g/mol. The number of hydrogen-bond acceptors (Lipinski definition) is 3. The number of nitrogens with one attached hydrogen (secondary N) is 2. The summed E-state index contributed by atoms with van der Waals surface area (Å²) < 4.78 is 1.82. The lowest BCUT2D eigenvalue weighted by molar-refractivity contribution is 0.391. The molecule has 0 amide bonds. The molecule has 2 N–H and O–H groups in total. The smallest absolute Gasteiger partial charge is 0.0726 e. The zero-order chi connectivity index (χ0) is 10.0. The molecule has 1 unspecified atom stereocenters. The Bertz CT molecular complexity index is 299. The number of aryl methyl sites for hydroxylation is 1. The van der Waals surface area contributed by atoms with Gasteiger partial charge in [0.2, 0.25) is 0 Å². The van der Waals surface area contributed by atoms with Crippen molar-refractivity contribution < 1.29 is 0 Å². The molecule has 4 heteroatoms. The third kappa shape index (κ3) is 2.07.